The quantitative estimate of drug-likeness (QED) is 0.207. The van der Waals surface area contributed by atoms with Gasteiger partial charge in [0.05, 0.1) is 36.8 Å². The Morgan fingerprint density at radius 1 is 0.677 bits per heavy atom. The van der Waals surface area contributed by atoms with Crippen LogP contribution in [0.3, 0.4) is 0 Å². The second-order valence-corrected chi connectivity index (χ2v) is 6.36. The Morgan fingerprint density at radius 3 is 1.35 bits per heavy atom. The highest BCUT2D eigenvalue weighted by molar-refractivity contribution is 5.80. The summed E-state index contributed by atoms with van der Waals surface area (Å²) in [5, 5.41) is 6.93. The Balaban J connectivity index is 1.84. The predicted molar refractivity (Wildman–Crippen MR) is 109 cm³/mol. The molecule has 0 amide bonds. The zero-order chi connectivity index (χ0) is 22.6. The van der Waals surface area contributed by atoms with E-state index in [0.717, 1.165) is 12.4 Å². The summed E-state index contributed by atoms with van der Waals surface area (Å²) in [6.45, 7) is 4.37. The summed E-state index contributed by atoms with van der Waals surface area (Å²) < 4.78 is 61.5. The van der Waals surface area contributed by atoms with Gasteiger partial charge in [0.15, 0.2) is 0 Å². The number of oxime groups is 2. The molecule has 0 aliphatic carbocycles. The van der Waals surface area contributed by atoms with Crippen LogP contribution in [0.5, 0.6) is 0 Å². The van der Waals surface area contributed by atoms with E-state index in [4.69, 9.17) is 14.4 Å². The molecule has 0 spiro atoms. The number of halogens is 4. The zero-order valence-electron chi connectivity index (χ0n) is 17.3. The van der Waals surface area contributed by atoms with Gasteiger partial charge in [-0.05, 0) is 62.1 Å². The Labute approximate surface area is 178 Å². The molecular weight excluding hydrogens is 416 g/mol. The molecule has 0 aromatic heterocycles. The van der Waals surface area contributed by atoms with Crippen molar-refractivity contribution in [2.75, 3.05) is 26.4 Å². The summed E-state index contributed by atoms with van der Waals surface area (Å²) in [6, 6.07) is 4.81. The molecule has 2 rings (SSSR count). The van der Waals surface area contributed by atoms with Crippen LogP contribution in [0.15, 0.2) is 34.6 Å². The van der Waals surface area contributed by atoms with Crippen molar-refractivity contribution in [2.45, 2.75) is 26.7 Å². The van der Waals surface area contributed by atoms with Crippen LogP contribution in [0.25, 0.3) is 0 Å². The standard InChI is InChI=1S/C22H24F4N2O3/c1-3-30-27-13-17-19(23)9-15(10-20(17)24)5-7-29-8-6-16-11-21(25)18(22(26)12-16)14-28-31-4-2/h9-14H,3-8H2,1-2H3. The first kappa shape index (κ1) is 24.3. The monoisotopic (exact) mass is 440 g/mol. The van der Waals surface area contributed by atoms with E-state index in [1.54, 1.807) is 13.8 Å². The maximum atomic E-state index is 14.0. The minimum absolute atomic E-state index is 0.190. The summed E-state index contributed by atoms with van der Waals surface area (Å²) in [4.78, 5) is 9.41. The van der Waals surface area contributed by atoms with Crippen LogP contribution >= 0.6 is 0 Å². The van der Waals surface area contributed by atoms with Crippen molar-refractivity contribution in [3.63, 3.8) is 0 Å². The van der Waals surface area contributed by atoms with Crippen LogP contribution < -0.4 is 0 Å². The van der Waals surface area contributed by atoms with Crippen LogP contribution in [0, 0.1) is 23.3 Å². The third kappa shape index (κ3) is 7.67. The highest BCUT2D eigenvalue weighted by Gasteiger charge is 2.11. The molecule has 0 N–H and O–H groups in total. The van der Waals surface area contributed by atoms with Gasteiger partial charge in [-0.2, -0.15) is 0 Å². The molecular formula is C22H24F4N2O3. The van der Waals surface area contributed by atoms with Gasteiger partial charge in [0, 0.05) is 0 Å². The lowest BCUT2D eigenvalue weighted by molar-refractivity contribution is 0.140. The van der Waals surface area contributed by atoms with Gasteiger partial charge >= 0.3 is 0 Å². The van der Waals surface area contributed by atoms with Crippen molar-refractivity contribution in [3.05, 3.63) is 69.8 Å². The van der Waals surface area contributed by atoms with E-state index in [2.05, 4.69) is 10.3 Å². The van der Waals surface area contributed by atoms with Crippen molar-refractivity contribution >= 4 is 12.4 Å². The number of ether oxygens (including phenoxy) is 1. The van der Waals surface area contributed by atoms with E-state index < -0.39 is 23.3 Å². The Kier molecular flexibility index (Phi) is 9.96. The minimum Gasteiger partial charge on any atom is -0.396 e. The van der Waals surface area contributed by atoms with Gasteiger partial charge in [0.2, 0.25) is 0 Å². The van der Waals surface area contributed by atoms with Crippen molar-refractivity contribution in [2.24, 2.45) is 10.3 Å². The summed E-state index contributed by atoms with van der Waals surface area (Å²) in [6.07, 6.45) is 2.51. The van der Waals surface area contributed by atoms with E-state index in [9.17, 15) is 17.6 Å². The fraction of sp³-hybridized carbons (Fsp3) is 0.364. The molecule has 2 aromatic carbocycles. The predicted octanol–water partition coefficient (Wildman–Crippen LogP) is 4.79. The molecule has 0 aliphatic heterocycles. The third-order valence-electron chi connectivity index (χ3n) is 4.12. The second kappa shape index (κ2) is 12.7. The molecule has 0 fully saturated rings. The van der Waals surface area contributed by atoms with Gasteiger partial charge in [-0.15, -0.1) is 0 Å². The van der Waals surface area contributed by atoms with Gasteiger partial charge < -0.3 is 14.4 Å². The molecule has 0 bridgehead atoms. The van der Waals surface area contributed by atoms with Crippen LogP contribution in [0.4, 0.5) is 17.6 Å². The van der Waals surface area contributed by atoms with Crippen LogP contribution in [-0.2, 0) is 27.3 Å². The average Bonchev–Trinajstić information content (AvgIpc) is 2.72. The second-order valence-electron chi connectivity index (χ2n) is 6.36. The number of nitrogens with zero attached hydrogens (tertiary/aromatic N) is 2. The van der Waals surface area contributed by atoms with Gasteiger partial charge in [-0.3, -0.25) is 0 Å². The number of rotatable bonds is 12. The Morgan fingerprint density at radius 2 is 1.03 bits per heavy atom. The first-order chi connectivity index (χ1) is 15.0. The maximum absolute atomic E-state index is 14.0. The molecule has 0 saturated carbocycles. The van der Waals surface area contributed by atoms with E-state index in [1.807, 2.05) is 0 Å². The third-order valence-corrected chi connectivity index (χ3v) is 4.12. The largest absolute Gasteiger partial charge is 0.396 e. The lowest BCUT2D eigenvalue weighted by Crippen LogP contribution is -2.06. The minimum atomic E-state index is -0.752. The molecule has 168 valence electrons. The van der Waals surface area contributed by atoms with Crippen molar-refractivity contribution in [1.29, 1.82) is 0 Å². The summed E-state index contributed by atoms with van der Waals surface area (Å²) in [5.41, 5.74) is 0.269. The molecule has 0 radical (unpaired) electrons. The summed E-state index contributed by atoms with van der Waals surface area (Å²) in [5.74, 6) is -3.01. The first-order valence-electron chi connectivity index (χ1n) is 9.80. The molecule has 0 saturated heterocycles. The van der Waals surface area contributed by atoms with E-state index in [0.29, 0.717) is 24.3 Å². The highest BCUT2D eigenvalue weighted by atomic mass is 19.1. The van der Waals surface area contributed by atoms with E-state index in [1.165, 1.54) is 24.3 Å². The van der Waals surface area contributed by atoms with Gasteiger partial charge in [-0.1, -0.05) is 10.3 Å². The maximum Gasteiger partial charge on any atom is 0.135 e. The fourth-order valence-corrected chi connectivity index (χ4v) is 2.62. The van der Waals surface area contributed by atoms with Gasteiger partial charge in [0.1, 0.15) is 36.5 Å². The fourth-order valence-electron chi connectivity index (χ4n) is 2.62. The van der Waals surface area contributed by atoms with Gasteiger partial charge in [0.25, 0.3) is 0 Å². The summed E-state index contributed by atoms with van der Waals surface area (Å²) >= 11 is 0. The average molecular weight is 440 g/mol. The van der Waals surface area contributed by atoms with Crippen LogP contribution in [0.1, 0.15) is 36.1 Å². The normalized spacial score (nSPS) is 11.5. The SMILES string of the molecule is CCON=Cc1c(F)cc(CCOCCc2cc(F)c(C=NOCC)c(F)c2)cc1F. The molecule has 9 heteroatoms. The van der Waals surface area contributed by atoms with E-state index >= 15 is 0 Å². The molecule has 0 atom stereocenters. The number of hydrogen-bond acceptors (Lipinski definition) is 5. The van der Waals surface area contributed by atoms with Crippen LogP contribution in [0.2, 0.25) is 0 Å². The van der Waals surface area contributed by atoms with Gasteiger partial charge in [-0.25, -0.2) is 17.6 Å². The molecule has 0 heterocycles. The lowest BCUT2D eigenvalue weighted by atomic mass is 10.1. The number of benzene rings is 2. The molecule has 2 aromatic rings. The van der Waals surface area contributed by atoms with Crippen LogP contribution in [-0.4, -0.2) is 38.9 Å². The molecule has 31 heavy (non-hydrogen) atoms. The lowest BCUT2D eigenvalue weighted by Gasteiger charge is -2.08. The number of hydrogen-bond donors (Lipinski definition) is 0. The zero-order valence-corrected chi connectivity index (χ0v) is 17.3. The van der Waals surface area contributed by atoms with Crippen molar-refractivity contribution in [3.8, 4) is 0 Å². The smallest absolute Gasteiger partial charge is 0.135 e. The highest BCUT2D eigenvalue weighted by Crippen LogP contribution is 2.16. The Bertz CT molecular complexity index is 800. The van der Waals surface area contributed by atoms with Crippen molar-refractivity contribution in [1.82, 2.24) is 0 Å². The molecule has 0 unspecified atom stereocenters. The van der Waals surface area contributed by atoms with E-state index in [-0.39, 0.29) is 37.2 Å². The summed E-state index contributed by atoms with van der Waals surface area (Å²) in [7, 11) is 0. The Hall–Kier alpha value is -2.94. The topological polar surface area (TPSA) is 52.4 Å². The van der Waals surface area contributed by atoms with Crippen molar-refractivity contribution < 1.29 is 32.0 Å². The molecule has 5 nitrogen and oxygen atoms in total. The first-order valence-corrected chi connectivity index (χ1v) is 9.80. The molecule has 0 aliphatic rings.